The molecule has 0 aromatic heterocycles. The molecule has 6 heteroatoms. The molecule has 5 nitrogen and oxygen atoms in total. The highest BCUT2D eigenvalue weighted by atomic mass is 79.9. The summed E-state index contributed by atoms with van der Waals surface area (Å²) in [7, 11) is 1.44. The molecule has 2 aromatic carbocycles. The minimum Gasteiger partial charge on any atom is -0.474 e. The Morgan fingerprint density at radius 2 is 2.04 bits per heavy atom. The first-order chi connectivity index (χ1) is 12.2. The van der Waals surface area contributed by atoms with Gasteiger partial charge in [0.1, 0.15) is 11.7 Å². The van der Waals surface area contributed by atoms with E-state index in [-0.39, 0.29) is 18.1 Å². The van der Waals surface area contributed by atoms with Crippen molar-refractivity contribution in [3.8, 4) is 5.75 Å². The van der Waals surface area contributed by atoms with Gasteiger partial charge in [0, 0.05) is 23.1 Å². The van der Waals surface area contributed by atoms with Gasteiger partial charge in [0.25, 0.3) is 0 Å². The molecule has 0 bridgehead atoms. The van der Waals surface area contributed by atoms with E-state index in [0.29, 0.717) is 19.6 Å². The Hall–Kier alpha value is -1.63. The van der Waals surface area contributed by atoms with Crippen molar-refractivity contribution in [3.05, 3.63) is 40.4 Å². The van der Waals surface area contributed by atoms with Crippen molar-refractivity contribution in [2.75, 3.05) is 33.4 Å². The van der Waals surface area contributed by atoms with Gasteiger partial charge in [0.15, 0.2) is 6.23 Å². The van der Waals surface area contributed by atoms with Gasteiger partial charge in [-0.25, -0.2) is 0 Å². The number of benzene rings is 2. The number of morpholine rings is 1. The highest BCUT2D eigenvalue weighted by molar-refractivity contribution is 9.10. The summed E-state index contributed by atoms with van der Waals surface area (Å²) < 4.78 is 17.8. The molecule has 2 aliphatic rings. The van der Waals surface area contributed by atoms with E-state index >= 15 is 0 Å². The smallest absolute Gasteiger partial charge is 0.314 e. The number of fused-ring (bicyclic) bond motifs is 3. The van der Waals surface area contributed by atoms with E-state index in [0.717, 1.165) is 39.6 Å². The van der Waals surface area contributed by atoms with E-state index in [2.05, 4.69) is 39.0 Å². The average molecular weight is 406 g/mol. The topological polar surface area (TPSA) is 48.0 Å². The van der Waals surface area contributed by atoms with Crippen molar-refractivity contribution in [2.24, 2.45) is 5.92 Å². The SMILES string of the molecule is COC(=O)[C@@H]1Cc2c(ccc3cc(Br)ccc23)O[C@H]1N1CCOCC1. The van der Waals surface area contributed by atoms with Crippen molar-refractivity contribution in [3.63, 3.8) is 0 Å². The average Bonchev–Trinajstić information content (AvgIpc) is 2.66. The predicted molar refractivity (Wildman–Crippen MR) is 97.7 cm³/mol. The molecule has 1 saturated heterocycles. The molecule has 0 unspecified atom stereocenters. The number of hydrogen-bond donors (Lipinski definition) is 0. The molecule has 4 rings (SSSR count). The lowest BCUT2D eigenvalue weighted by Gasteiger charge is -2.41. The molecule has 2 aromatic rings. The molecule has 132 valence electrons. The lowest BCUT2D eigenvalue weighted by atomic mass is 9.90. The fourth-order valence-electron chi connectivity index (χ4n) is 3.71. The summed E-state index contributed by atoms with van der Waals surface area (Å²) in [5, 5.41) is 2.25. The molecular formula is C19H20BrNO4. The minimum absolute atomic E-state index is 0.226. The van der Waals surface area contributed by atoms with Crippen LogP contribution in [0.4, 0.5) is 0 Å². The van der Waals surface area contributed by atoms with Crippen molar-refractivity contribution < 1.29 is 19.0 Å². The molecule has 0 N–H and O–H groups in total. The fraction of sp³-hybridized carbons (Fsp3) is 0.421. The number of halogens is 1. The van der Waals surface area contributed by atoms with Gasteiger partial charge in [-0.2, -0.15) is 0 Å². The Balaban J connectivity index is 1.75. The van der Waals surface area contributed by atoms with Crippen LogP contribution in [-0.2, 0) is 20.7 Å². The van der Waals surface area contributed by atoms with Crippen LogP contribution in [0.2, 0.25) is 0 Å². The molecule has 0 aliphatic carbocycles. The van der Waals surface area contributed by atoms with Gasteiger partial charge in [-0.3, -0.25) is 9.69 Å². The van der Waals surface area contributed by atoms with E-state index in [1.54, 1.807) is 0 Å². The Bertz CT molecular complexity index is 803. The monoisotopic (exact) mass is 405 g/mol. The molecule has 0 amide bonds. The second-order valence-electron chi connectivity index (χ2n) is 6.40. The zero-order valence-corrected chi connectivity index (χ0v) is 15.6. The first-order valence-electron chi connectivity index (χ1n) is 8.45. The van der Waals surface area contributed by atoms with Crippen molar-refractivity contribution in [1.82, 2.24) is 4.90 Å². The summed E-state index contributed by atoms with van der Waals surface area (Å²) in [5.74, 6) is 0.285. The van der Waals surface area contributed by atoms with E-state index in [9.17, 15) is 4.79 Å². The molecule has 2 aliphatic heterocycles. The molecule has 0 spiro atoms. The summed E-state index contributed by atoms with van der Waals surface area (Å²) in [6, 6.07) is 10.2. The van der Waals surface area contributed by atoms with Gasteiger partial charge < -0.3 is 14.2 Å². The van der Waals surface area contributed by atoms with Crippen LogP contribution in [0, 0.1) is 5.92 Å². The van der Waals surface area contributed by atoms with Crippen LogP contribution in [0.15, 0.2) is 34.8 Å². The first-order valence-corrected chi connectivity index (χ1v) is 9.24. The molecule has 0 radical (unpaired) electrons. The third-order valence-electron chi connectivity index (χ3n) is 4.98. The number of nitrogens with zero attached hydrogens (tertiary/aromatic N) is 1. The van der Waals surface area contributed by atoms with Gasteiger partial charge in [-0.1, -0.05) is 28.1 Å². The first kappa shape index (κ1) is 16.8. The third-order valence-corrected chi connectivity index (χ3v) is 5.47. The summed E-state index contributed by atoms with van der Waals surface area (Å²) in [5.41, 5.74) is 1.07. The van der Waals surface area contributed by atoms with Gasteiger partial charge in [0.05, 0.1) is 20.3 Å². The van der Waals surface area contributed by atoms with E-state index < -0.39 is 0 Å². The molecular weight excluding hydrogens is 386 g/mol. The van der Waals surface area contributed by atoms with Crippen molar-refractivity contribution >= 4 is 32.7 Å². The predicted octanol–water partition coefficient (Wildman–Crippen LogP) is 2.98. The summed E-state index contributed by atoms with van der Waals surface area (Å²) in [6.07, 6.45) is 0.306. The molecule has 25 heavy (non-hydrogen) atoms. The lowest BCUT2D eigenvalue weighted by Crippen LogP contribution is -2.54. The molecule has 2 atom stereocenters. The van der Waals surface area contributed by atoms with Gasteiger partial charge in [0.2, 0.25) is 0 Å². The summed E-state index contributed by atoms with van der Waals surface area (Å²) >= 11 is 3.51. The van der Waals surface area contributed by atoms with Crippen LogP contribution < -0.4 is 4.74 Å². The van der Waals surface area contributed by atoms with Crippen LogP contribution in [0.3, 0.4) is 0 Å². The number of rotatable bonds is 2. The molecule has 1 fully saturated rings. The van der Waals surface area contributed by atoms with Crippen molar-refractivity contribution in [2.45, 2.75) is 12.6 Å². The van der Waals surface area contributed by atoms with Crippen LogP contribution in [-0.4, -0.2) is 50.5 Å². The second kappa shape index (κ2) is 6.94. The zero-order valence-electron chi connectivity index (χ0n) is 14.0. The van der Waals surface area contributed by atoms with Gasteiger partial charge in [-0.15, -0.1) is 0 Å². The fourth-order valence-corrected chi connectivity index (χ4v) is 4.09. The standard InChI is InChI=1S/C19H20BrNO4/c1-23-19(22)16-11-15-14-4-3-13(20)10-12(14)2-5-17(15)25-18(16)21-6-8-24-9-7-21/h2-5,10,16,18H,6-9,11H2,1H3/t16-,18-/m1/s1. The van der Waals surface area contributed by atoms with E-state index in [4.69, 9.17) is 14.2 Å². The van der Waals surface area contributed by atoms with Crippen LogP contribution >= 0.6 is 15.9 Å². The second-order valence-corrected chi connectivity index (χ2v) is 7.31. The Morgan fingerprint density at radius 1 is 1.24 bits per heavy atom. The lowest BCUT2D eigenvalue weighted by molar-refractivity contribution is -0.157. The van der Waals surface area contributed by atoms with Crippen molar-refractivity contribution in [1.29, 1.82) is 0 Å². The maximum absolute atomic E-state index is 12.5. The number of esters is 1. The number of hydrogen-bond acceptors (Lipinski definition) is 5. The number of ether oxygens (including phenoxy) is 3. The summed E-state index contributed by atoms with van der Waals surface area (Å²) in [6.45, 7) is 2.83. The Labute approximate surface area is 155 Å². The number of methoxy groups -OCH3 is 1. The van der Waals surface area contributed by atoms with Crippen LogP contribution in [0.5, 0.6) is 5.75 Å². The molecule has 2 heterocycles. The highest BCUT2D eigenvalue weighted by Gasteiger charge is 2.40. The highest BCUT2D eigenvalue weighted by Crippen LogP contribution is 2.38. The maximum atomic E-state index is 12.5. The Kier molecular flexibility index (Phi) is 4.67. The zero-order chi connectivity index (χ0) is 17.4. The Morgan fingerprint density at radius 3 is 2.80 bits per heavy atom. The van der Waals surface area contributed by atoms with Crippen LogP contribution in [0.1, 0.15) is 5.56 Å². The molecule has 0 saturated carbocycles. The van der Waals surface area contributed by atoms with E-state index in [1.165, 1.54) is 7.11 Å². The van der Waals surface area contributed by atoms with Gasteiger partial charge in [-0.05, 0) is 35.4 Å². The number of carbonyl (C=O) groups excluding carboxylic acids is 1. The largest absolute Gasteiger partial charge is 0.474 e. The van der Waals surface area contributed by atoms with Crippen LogP contribution in [0.25, 0.3) is 10.8 Å². The maximum Gasteiger partial charge on any atom is 0.314 e. The third kappa shape index (κ3) is 3.14. The number of carbonyl (C=O) groups is 1. The van der Waals surface area contributed by atoms with E-state index in [1.807, 2.05) is 12.1 Å². The normalized spacial score (nSPS) is 23.8. The van der Waals surface area contributed by atoms with Gasteiger partial charge >= 0.3 is 5.97 Å². The quantitative estimate of drug-likeness (QED) is 0.718. The summed E-state index contributed by atoms with van der Waals surface area (Å²) in [4.78, 5) is 14.6. The minimum atomic E-state index is -0.343.